The number of amides is 1. The molecule has 0 aliphatic carbocycles. The van der Waals surface area contributed by atoms with Crippen LogP contribution in [0, 0.1) is 0 Å². The first-order valence-electron chi connectivity index (χ1n) is 6.74. The maximum Gasteiger partial charge on any atom is 0.258 e. The summed E-state index contributed by atoms with van der Waals surface area (Å²) in [5.41, 5.74) is 1.13. The van der Waals surface area contributed by atoms with E-state index in [9.17, 15) is 9.90 Å². The van der Waals surface area contributed by atoms with Crippen molar-refractivity contribution in [3.63, 3.8) is 0 Å². The highest BCUT2D eigenvalue weighted by Crippen LogP contribution is 2.42. The summed E-state index contributed by atoms with van der Waals surface area (Å²) in [5.74, 6) is 0.721. The molecule has 2 heterocycles. The molecule has 2 aliphatic heterocycles. The minimum absolute atomic E-state index is 0.0814. The average Bonchev–Trinajstić information content (AvgIpc) is 3.14. The number of aliphatic hydroxyl groups excluding tert-OH is 1. The van der Waals surface area contributed by atoms with Gasteiger partial charge < -0.3 is 24.3 Å². The number of oxime groups is 1. The SMILES string of the molecule is CON=C1CC(CO)N(C(=O)c2ccc(Br)c3c2OCO3)C1. The third-order valence-electron chi connectivity index (χ3n) is 3.66. The van der Waals surface area contributed by atoms with E-state index in [1.807, 2.05) is 0 Å². The number of fused-ring (bicyclic) bond motifs is 1. The van der Waals surface area contributed by atoms with Crippen molar-refractivity contribution in [2.45, 2.75) is 12.5 Å². The fourth-order valence-corrected chi connectivity index (χ4v) is 3.08. The van der Waals surface area contributed by atoms with E-state index in [-0.39, 0.29) is 25.3 Å². The van der Waals surface area contributed by atoms with Gasteiger partial charge in [0.1, 0.15) is 7.11 Å². The molecule has 1 fully saturated rings. The Labute approximate surface area is 135 Å². The predicted octanol–water partition coefficient (Wildman–Crippen LogP) is 1.39. The van der Waals surface area contributed by atoms with Crippen molar-refractivity contribution >= 4 is 27.5 Å². The van der Waals surface area contributed by atoms with Crippen molar-refractivity contribution < 1.29 is 24.2 Å². The van der Waals surface area contributed by atoms with E-state index in [1.165, 1.54) is 7.11 Å². The molecule has 0 radical (unpaired) electrons. The van der Waals surface area contributed by atoms with Crippen LogP contribution in [0.2, 0.25) is 0 Å². The molecule has 1 unspecified atom stereocenters. The summed E-state index contributed by atoms with van der Waals surface area (Å²) >= 11 is 3.36. The maximum atomic E-state index is 12.8. The number of hydrogen-bond acceptors (Lipinski definition) is 6. The topological polar surface area (TPSA) is 80.6 Å². The largest absolute Gasteiger partial charge is 0.453 e. The van der Waals surface area contributed by atoms with Crippen molar-refractivity contribution in [1.29, 1.82) is 0 Å². The zero-order valence-electron chi connectivity index (χ0n) is 11.9. The number of carbonyl (C=O) groups is 1. The Morgan fingerprint density at radius 2 is 2.27 bits per heavy atom. The fourth-order valence-electron chi connectivity index (χ4n) is 2.66. The first kappa shape index (κ1) is 15.1. The number of carbonyl (C=O) groups excluding carboxylic acids is 1. The van der Waals surface area contributed by atoms with Gasteiger partial charge in [0.2, 0.25) is 6.79 Å². The van der Waals surface area contributed by atoms with Crippen molar-refractivity contribution in [3.05, 3.63) is 22.2 Å². The molecule has 0 saturated carbocycles. The quantitative estimate of drug-likeness (QED) is 0.813. The summed E-state index contributed by atoms with van der Waals surface area (Å²) in [7, 11) is 1.46. The van der Waals surface area contributed by atoms with Crippen LogP contribution in [0.25, 0.3) is 0 Å². The summed E-state index contributed by atoms with van der Waals surface area (Å²) in [4.78, 5) is 19.1. The molecule has 0 aromatic heterocycles. The predicted molar refractivity (Wildman–Crippen MR) is 81.2 cm³/mol. The second-order valence-corrected chi connectivity index (χ2v) is 5.83. The van der Waals surface area contributed by atoms with Crippen molar-refractivity contribution in [3.8, 4) is 11.5 Å². The van der Waals surface area contributed by atoms with Gasteiger partial charge in [-0.2, -0.15) is 0 Å². The van der Waals surface area contributed by atoms with Gasteiger partial charge in [-0.3, -0.25) is 4.79 Å². The van der Waals surface area contributed by atoms with Gasteiger partial charge in [0, 0.05) is 6.42 Å². The summed E-state index contributed by atoms with van der Waals surface area (Å²) in [6.45, 7) is 0.270. The number of halogens is 1. The molecule has 2 aliphatic rings. The van der Waals surface area contributed by atoms with Crippen LogP contribution < -0.4 is 9.47 Å². The molecule has 22 heavy (non-hydrogen) atoms. The number of aliphatic hydroxyl groups is 1. The minimum Gasteiger partial charge on any atom is -0.453 e. The first-order valence-corrected chi connectivity index (χ1v) is 7.53. The third-order valence-corrected chi connectivity index (χ3v) is 4.28. The summed E-state index contributed by atoms with van der Waals surface area (Å²) in [5, 5.41) is 13.4. The average molecular weight is 371 g/mol. The van der Waals surface area contributed by atoms with Crippen molar-refractivity contribution in [2.24, 2.45) is 5.16 Å². The van der Waals surface area contributed by atoms with Crippen molar-refractivity contribution in [2.75, 3.05) is 27.1 Å². The van der Waals surface area contributed by atoms with E-state index in [0.717, 1.165) is 10.2 Å². The van der Waals surface area contributed by atoms with Gasteiger partial charge in [-0.05, 0) is 28.1 Å². The molecule has 1 amide bonds. The number of benzene rings is 1. The minimum atomic E-state index is -0.317. The second-order valence-electron chi connectivity index (χ2n) is 4.97. The summed E-state index contributed by atoms with van der Waals surface area (Å²) in [6, 6.07) is 3.11. The number of likely N-dealkylation sites (tertiary alicyclic amines) is 1. The number of rotatable bonds is 3. The highest BCUT2D eigenvalue weighted by Gasteiger charge is 2.36. The van der Waals surface area contributed by atoms with Gasteiger partial charge in [-0.25, -0.2) is 0 Å². The third kappa shape index (κ3) is 2.52. The Kier molecular flexibility index (Phi) is 4.21. The fraction of sp³-hybridized carbons (Fsp3) is 0.429. The lowest BCUT2D eigenvalue weighted by atomic mass is 10.1. The number of ether oxygens (including phenoxy) is 2. The lowest BCUT2D eigenvalue weighted by Crippen LogP contribution is -2.37. The van der Waals surface area contributed by atoms with Crippen LogP contribution >= 0.6 is 15.9 Å². The van der Waals surface area contributed by atoms with E-state index < -0.39 is 0 Å². The van der Waals surface area contributed by atoms with E-state index in [2.05, 4.69) is 21.1 Å². The van der Waals surface area contributed by atoms with Gasteiger partial charge >= 0.3 is 0 Å². The van der Waals surface area contributed by atoms with Crippen LogP contribution in [0.3, 0.4) is 0 Å². The van der Waals surface area contributed by atoms with Gasteiger partial charge in [0.25, 0.3) is 5.91 Å². The number of nitrogens with zero attached hydrogens (tertiary/aromatic N) is 2. The molecule has 118 valence electrons. The highest BCUT2D eigenvalue weighted by molar-refractivity contribution is 9.10. The molecule has 8 heteroatoms. The molecule has 7 nitrogen and oxygen atoms in total. The van der Waals surface area contributed by atoms with E-state index in [0.29, 0.717) is 30.0 Å². The molecule has 0 bridgehead atoms. The molecule has 1 N–H and O–H groups in total. The second kappa shape index (κ2) is 6.13. The Morgan fingerprint density at radius 1 is 1.50 bits per heavy atom. The normalized spacial score (nSPS) is 21.5. The molecule has 3 rings (SSSR count). The monoisotopic (exact) mass is 370 g/mol. The van der Waals surface area contributed by atoms with Crippen LogP contribution in [0.5, 0.6) is 11.5 Å². The van der Waals surface area contributed by atoms with E-state index in [4.69, 9.17) is 14.3 Å². The van der Waals surface area contributed by atoms with E-state index in [1.54, 1.807) is 17.0 Å². The Balaban J connectivity index is 1.91. The maximum absolute atomic E-state index is 12.8. The van der Waals surface area contributed by atoms with Crippen molar-refractivity contribution in [1.82, 2.24) is 4.90 Å². The van der Waals surface area contributed by atoms with Gasteiger partial charge in [-0.15, -0.1) is 0 Å². The summed E-state index contributed by atoms with van der Waals surface area (Å²) in [6.07, 6.45) is 0.492. The summed E-state index contributed by atoms with van der Waals surface area (Å²) < 4.78 is 11.5. The Morgan fingerprint density at radius 3 is 3.00 bits per heavy atom. The van der Waals surface area contributed by atoms with Crippen LogP contribution in [-0.2, 0) is 4.84 Å². The molecule has 1 aromatic carbocycles. The Bertz CT molecular complexity index is 634. The smallest absolute Gasteiger partial charge is 0.258 e. The molecular formula is C14H15BrN2O5. The van der Waals surface area contributed by atoms with Gasteiger partial charge in [0.05, 0.1) is 34.9 Å². The molecule has 1 saturated heterocycles. The van der Waals surface area contributed by atoms with Gasteiger partial charge in [0.15, 0.2) is 11.5 Å². The highest BCUT2D eigenvalue weighted by atomic mass is 79.9. The lowest BCUT2D eigenvalue weighted by molar-refractivity contribution is 0.0675. The zero-order chi connectivity index (χ0) is 15.7. The standard InChI is InChI=1S/C14H15BrN2O5/c1-20-16-8-4-9(6-18)17(5-8)14(19)10-2-3-11(15)13-12(10)21-7-22-13/h2-3,9,18H,4-7H2,1H3. The van der Waals surface area contributed by atoms with Gasteiger partial charge in [-0.1, -0.05) is 5.16 Å². The van der Waals surface area contributed by atoms with Crippen LogP contribution in [0.1, 0.15) is 16.8 Å². The number of hydrogen-bond donors (Lipinski definition) is 1. The zero-order valence-corrected chi connectivity index (χ0v) is 13.5. The van der Waals surface area contributed by atoms with Crippen LogP contribution in [0.4, 0.5) is 0 Å². The molecule has 1 atom stereocenters. The van der Waals surface area contributed by atoms with E-state index >= 15 is 0 Å². The first-order chi connectivity index (χ1) is 10.7. The molecule has 0 spiro atoms. The Hall–Kier alpha value is -1.80. The lowest BCUT2D eigenvalue weighted by Gasteiger charge is -2.22. The molecular weight excluding hydrogens is 356 g/mol. The van der Waals surface area contributed by atoms with Crippen LogP contribution in [-0.4, -0.2) is 54.7 Å². The molecule has 1 aromatic rings. The van der Waals surface area contributed by atoms with Crippen LogP contribution in [0.15, 0.2) is 21.8 Å².